The van der Waals surface area contributed by atoms with Gasteiger partial charge in [-0.15, -0.1) is 0 Å². The van der Waals surface area contributed by atoms with Gasteiger partial charge in [0.2, 0.25) is 35.4 Å². The van der Waals surface area contributed by atoms with E-state index in [0.717, 1.165) is 164 Å². The van der Waals surface area contributed by atoms with E-state index in [9.17, 15) is 43.2 Å². The highest BCUT2D eigenvalue weighted by molar-refractivity contribution is 6.17. The van der Waals surface area contributed by atoms with Crippen LogP contribution < -0.4 is 68.2 Å². The van der Waals surface area contributed by atoms with Crippen molar-refractivity contribution in [1.82, 2.24) is 41.7 Å². The quantitative estimate of drug-likeness (QED) is 0.00957. The number of likely N-dealkylation sites (N-methyl/N-ethyl adjacent to an activating group) is 2. The first kappa shape index (κ1) is 129. The maximum absolute atomic E-state index is 12.1. The Morgan fingerprint density at radius 3 is 1.24 bits per heavy atom. The molecule has 143 heavy (non-hydrogen) atoms. The molecule has 14 N–H and O–H groups in total. The number of ketones is 1. The van der Waals surface area contributed by atoms with Crippen LogP contribution in [0.5, 0.6) is 11.5 Å². The first-order valence-corrected chi connectivity index (χ1v) is 50.7. The van der Waals surface area contributed by atoms with E-state index in [1.54, 1.807) is 41.3 Å². The number of hydrogen-bond acceptors (Lipinski definition) is 18. The van der Waals surface area contributed by atoms with Crippen molar-refractivity contribution < 1.29 is 62.5 Å². The number of amides is 8. The van der Waals surface area contributed by atoms with Gasteiger partial charge in [0.25, 0.3) is 11.8 Å². The minimum absolute atomic E-state index is 0.0234. The second-order valence-electron chi connectivity index (χ2n) is 38.5. The normalized spacial score (nSPS) is 11.5. The number of benzene rings is 8. The first-order chi connectivity index (χ1) is 67.8. The van der Waals surface area contributed by atoms with Gasteiger partial charge in [-0.1, -0.05) is 251 Å². The van der Waals surface area contributed by atoms with Crippen molar-refractivity contribution in [1.29, 1.82) is 0 Å². The summed E-state index contributed by atoms with van der Waals surface area (Å²) in [5, 5.41) is 47.2. The third-order valence-electron chi connectivity index (χ3n) is 24.4. The van der Waals surface area contributed by atoms with Crippen LogP contribution in [0.1, 0.15) is 265 Å². The Labute approximate surface area is 859 Å². The van der Waals surface area contributed by atoms with E-state index in [2.05, 4.69) is 106 Å². The third kappa shape index (κ3) is 58.5. The average molecular weight is 1970 g/mol. The molecule has 0 saturated carbocycles. The molecule has 8 amide bonds. The van der Waals surface area contributed by atoms with E-state index in [1.807, 2.05) is 290 Å². The summed E-state index contributed by atoms with van der Waals surface area (Å²) in [6.07, 6.45) is 9.82. The highest BCUT2D eigenvalue weighted by Gasteiger charge is 2.27. The van der Waals surface area contributed by atoms with Crippen molar-refractivity contribution in [2.75, 3.05) is 114 Å². The zero-order valence-electron chi connectivity index (χ0n) is 91.0. The topological polar surface area (TPSA) is 365 Å². The van der Waals surface area contributed by atoms with Gasteiger partial charge >= 0.3 is 15.4 Å². The van der Waals surface area contributed by atoms with Crippen LogP contribution in [0, 0.1) is 81.5 Å². The van der Waals surface area contributed by atoms with Crippen LogP contribution in [0.25, 0.3) is 5.70 Å². The van der Waals surface area contributed by atoms with Gasteiger partial charge in [0.1, 0.15) is 11.5 Å². The van der Waals surface area contributed by atoms with Crippen LogP contribution in [0.3, 0.4) is 0 Å². The molecular formula is C115H175B2N13O13. The zero-order valence-corrected chi connectivity index (χ0v) is 91.0. The monoisotopic (exact) mass is 1970 g/mol. The average Bonchev–Trinajstić information content (AvgIpc) is 0.871. The van der Waals surface area contributed by atoms with Gasteiger partial charge in [0.05, 0.1) is 0 Å². The van der Waals surface area contributed by atoms with Crippen molar-refractivity contribution in [3.8, 4) is 11.5 Å². The molecule has 0 bridgehead atoms. The third-order valence-corrected chi connectivity index (χ3v) is 24.4. The van der Waals surface area contributed by atoms with Gasteiger partial charge in [-0.25, -0.2) is 0 Å². The van der Waals surface area contributed by atoms with Crippen molar-refractivity contribution in [3.05, 3.63) is 256 Å². The summed E-state index contributed by atoms with van der Waals surface area (Å²) in [5.41, 5.74) is 18.9. The largest absolute Gasteiger partial charge is 0.569 e. The molecule has 8 aromatic rings. The lowest BCUT2D eigenvalue weighted by atomic mass is 9.89. The standard InChI is InChI=1S/C18H29BN3O4.C17H26BN2O3.C15H24N2O.C14H23N3O.2C13H19NO.C13H18O.C12H17NO/c1-4-18(2,3)17(24)21-11-6-10-20-12-9-16(23)22-14-7-5-8-15(13-14)26-19-25;1-5-17(3,4)16(21)20-12-6-11-19-13(2)14-7-9-15(10-8-14)23-18-22;1-4-12(2)11-16-9-8-15(18)17-14-7-5-6-13(3)10-14;1-12-4-6-13(7-5-12)14(18)17(3)11-10-16(2)9-8-15;1-5-13(3,4)12(15)14-11-8-6-7-10(2)9-11;1-4-10(2)9-14-13(15)12-7-5-11(3)6-8-12;1-4-10(2)9-13(14)12-7-5-11(3)6-8-12;1-4-10(3)12(14)13-11-7-5-6-9(2)8-11/h5,7-8,13,20,25H,4,6,9-12H2,1-3H3,(H,21,24)(H,22,23);7-10,19,22H,2,5-6,11-12H2,1,3-4H3,(H,20,21);5-7,10,12,16H,4,8-9,11H2,1-3H3,(H,17,18);4-7H,8-11,15H2,1-3H3;6-9H,5H2,1-4H3,(H,14,15);5-8,10H,4,9H2,1-3H3,(H,14,15);5-8,10H,4,9H2,1-3H3;5-8,10H,4H2,1-3H3,(H,13,14). The summed E-state index contributed by atoms with van der Waals surface area (Å²) >= 11 is 0. The van der Waals surface area contributed by atoms with Gasteiger partial charge in [-0.3, -0.25) is 43.2 Å². The molecule has 784 valence electrons. The van der Waals surface area contributed by atoms with Crippen LogP contribution in [0.15, 0.2) is 201 Å². The minimum atomic E-state index is -0.330. The Bertz CT molecular complexity index is 4980. The summed E-state index contributed by atoms with van der Waals surface area (Å²) in [7, 11) is 5.09. The van der Waals surface area contributed by atoms with Crippen molar-refractivity contribution in [3.63, 3.8) is 0 Å². The van der Waals surface area contributed by atoms with E-state index in [4.69, 9.17) is 25.1 Å². The Hall–Kier alpha value is -11.8. The van der Waals surface area contributed by atoms with E-state index in [-0.39, 0.29) is 75.2 Å². The van der Waals surface area contributed by atoms with E-state index >= 15 is 0 Å². The fourth-order valence-corrected chi connectivity index (χ4v) is 12.1. The van der Waals surface area contributed by atoms with Gasteiger partial charge < -0.3 is 88.1 Å². The molecule has 26 nitrogen and oxygen atoms in total. The predicted molar refractivity (Wildman–Crippen MR) is 594 cm³/mol. The van der Waals surface area contributed by atoms with E-state index < -0.39 is 0 Å². The molecular weight excluding hydrogens is 1790 g/mol. The molecule has 2 radical (unpaired) electrons. The second kappa shape index (κ2) is 73.3. The molecule has 28 heteroatoms. The number of rotatable bonds is 49. The highest BCUT2D eigenvalue weighted by atomic mass is 16.5. The van der Waals surface area contributed by atoms with Crippen LogP contribution in [-0.2, 0) is 28.8 Å². The van der Waals surface area contributed by atoms with Gasteiger partial charge in [-0.05, 0) is 237 Å². The van der Waals surface area contributed by atoms with Crippen molar-refractivity contribution >= 4 is 96.9 Å². The lowest BCUT2D eigenvalue weighted by molar-refractivity contribution is -0.130. The summed E-state index contributed by atoms with van der Waals surface area (Å²) in [4.78, 5) is 110. The van der Waals surface area contributed by atoms with E-state index in [0.29, 0.717) is 102 Å². The van der Waals surface area contributed by atoms with Crippen LogP contribution in [0.4, 0.5) is 22.7 Å². The Morgan fingerprint density at radius 2 is 0.797 bits per heavy atom. The number of nitrogens with one attached hydrogen (secondary N) is 10. The zero-order chi connectivity index (χ0) is 107. The first-order valence-electron chi connectivity index (χ1n) is 50.7. The number of aryl methyl sites for hydroxylation is 6. The number of nitrogens with two attached hydrogens (primary N) is 1. The van der Waals surface area contributed by atoms with Crippen LogP contribution in [0.2, 0.25) is 0 Å². The Balaban J connectivity index is 0.000000825. The molecule has 0 spiro atoms. The smallest absolute Gasteiger partial charge is 0.537 e. The number of carbonyl (C=O) groups is 9. The number of anilines is 4. The molecule has 4 atom stereocenters. The number of Topliss-reactive ketones (excluding diaryl/α,β-unsaturated/α-hetero) is 1. The lowest BCUT2D eigenvalue weighted by Crippen LogP contribution is -2.37. The fourth-order valence-electron chi connectivity index (χ4n) is 12.1. The summed E-state index contributed by atoms with van der Waals surface area (Å²) < 4.78 is 9.70. The molecule has 0 aliphatic heterocycles. The predicted octanol–water partition coefficient (Wildman–Crippen LogP) is 20.2. The number of carbonyl (C=O) groups excluding carboxylic acids is 9. The molecule has 8 rings (SSSR count). The maximum atomic E-state index is 12.1. The maximum Gasteiger partial charge on any atom is 0.569 e. The Kier molecular flexibility index (Phi) is 66.3. The van der Waals surface area contributed by atoms with Crippen molar-refractivity contribution in [2.24, 2.45) is 45.7 Å². The van der Waals surface area contributed by atoms with Gasteiger partial charge in [0, 0.05) is 165 Å². The molecule has 0 aromatic heterocycles. The van der Waals surface area contributed by atoms with Crippen LogP contribution in [-0.4, -0.2) is 181 Å². The minimum Gasteiger partial charge on any atom is -0.537 e. The summed E-state index contributed by atoms with van der Waals surface area (Å²) in [5.74, 6) is 3.43. The molecule has 0 saturated heterocycles. The highest BCUT2D eigenvalue weighted by Crippen LogP contribution is 2.26. The second-order valence-corrected chi connectivity index (χ2v) is 38.5. The van der Waals surface area contributed by atoms with Gasteiger partial charge in [-0.2, -0.15) is 0 Å². The number of hydrogen-bond donors (Lipinski definition) is 13. The SMILES string of the molecule is C=C(NCCCNC(=O)C(C)(C)CC)c1ccc(O[B]O)cc1.CCC(C)(C)C(=O)NCCCNCCC(=O)Nc1cccc(O[B]O)c1.CCC(C)(C)C(=O)Nc1cccc(C)c1.CCC(C)C(=O)Nc1cccc(C)c1.CCC(C)CC(=O)c1ccc(C)cc1.CCC(C)CNC(=O)c1ccc(C)cc1.CCC(C)CNCCC(=O)Nc1cccc(C)c1.Cc1ccc(C(=O)N(C)CCN(C)CCN)cc1. The molecule has 4 unspecified atom stereocenters. The fraction of sp³-hybridized carbons (Fsp3) is 0.487. The Morgan fingerprint density at radius 1 is 0.399 bits per heavy atom. The summed E-state index contributed by atoms with van der Waals surface area (Å²) in [6, 6.07) is 60.7. The van der Waals surface area contributed by atoms with Gasteiger partial charge in [0.15, 0.2) is 5.78 Å². The summed E-state index contributed by atoms with van der Waals surface area (Å²) in [6.45, 7) is 59.4. The molecule has 0 heterocycles. The molecule has 0 aliphatic carbocycles. The van der Waals surface area contributed by atoms with Crippen LogP contribution >= 0.6 is 0 Å². The molecule has 8 aromatic carbocycles. The molecule has 0 fully saturated rings. The van der Waals surface area contributed by atoms with E-state index in [1.165, 1.54) is 17.5 Å². The van der Waals surface area contributed by atoms with Crippen molar-refractivity contribution in [2.45, 2.75) is 236 Å². The lowest BCUT2D eigenvalue weighted by Gasteiger charge is -2.21. The molecule has 0 aliphatic rings. The number of nitrogens with zero attached hydrogens (tertiary/aromatic N) is 2.